The first kappa shape index (κ1) is 14.9. The van der Waals surface area contributed by atoms with E-state index in [0.717, 1.165) is 20.3 Å². The van der Waals surface area contributed by atoms with Gasteiger partial charge in [0.2, 0.25) is 10.0 Å². The van der Waals surface area contributed by atoms with Gasteiger partial charge in [0, 0.05) is 24.7 Å². The predicted octanol–water partition coefficient (Wildman–Crippen LogP) is 1.99. The molecule has 1 aromatic carbocycles. The number of rotatable bonds is 4. The van der Waals surface area contributed by atoms with Crippen molar-refractivity contribution < 1.29 is 12.8 Å². The van der Waals surface area contributed by atoms with Gasteiger partial charge in [0.05, 0.1) is 15.6 Å². The van der Waals surface area contributed by atoms with Crippen LogP contribution >= 0.6 is 11.3 Å². The fraction of sp³-hybridized carbons (Fsp3) is 0.250. The maximum atomic E-state index is 13.4. The lowest BCUT2D eigenvalue weighted by Gasteiger charge is -2.16. The third kappa shape index (κ3) is 2.97. The third-order valence-corrected chi connectivity index (χ3v) is 5.42. The number of hydrogen-bond donors (Lipinski definition) is 1. The van der Waals surface area contributed by atoms with Gasteiger partial charge in [-0.25, -0.2) is 17.8 Å². The van der Waals surface area contributed by atoms with E-state index in [2.05, 4.69) is 4.98 Å². The van der Waals surface area contributed by atoms with Gasteiger partial charge in [0.25, 0.3) is 0 Å². The highest BCUT2D eigenvalue weighted by molar-refractivity contribution is 7.89. The molecule has 108 valence electrons. The molecular formula is C12H14FN3O2S2. The van der Waals surface area contributed by atoms with Crippen molar-refractivity contribution in [2.45, 2.75) is 18.4 Å². The number of sulfonamides is 1. The van der Waals surface area contributed by atoms with Gasteiger partial charge < -0.3 is 5.73 Å². The van der Waals surface area contributed by atoms with Crippen LogP contribution in [0, 0.1) is 12.7 Å². The maximum Gasteiger partial charge on any atom is 0.243 e. The number of nitrogens with zero attached hydrogens (tertiary/aromatic N) is 2. The van der Waals surface area contributed by atoms with Crippen LogP contribution in [-0.4, -0.2) is 24.8 Å². The normalized spacial score (nSPS) is 12.0. The number of nitrogen functional groups attached to an aromatic ring is 1. The predicted molar refractivity (Wildman–Crippen MR) is 76.3 cm³/mol. The Morgan fingerprint density at radius 2 is 2.15 bits per heavy atom. The number of aromatic nitrogens is 1. The van der Waals surface area contributed by atoms with E-state index in [9.17, 15) is 12.8 Å². The van der Waals surface area contributed by atoms with Crippen LogP contribution in [0.4, 0.5) is 10.1 Å². The van der Waals surface area contributed by atoms with Gasteiger partial charge in [-0.2, -0.15) is 4.31 Å². The molecule has 0 saturated heterocycles. The van der Waals surface area contributed by atoms with Gasteiger partial charge in [-0.3, -0.25) is 0 Å². The van der Waals surface area contributed by atoms with Crippen LogP contribution in [-0.2, 0) is 16.6 Å². The van der Waals surface area contributed by atoms with Crippen LogP contribution in [0.1, 0.15) is 9.88 Å². The second-order valence-electron chi connectivity index (χ2n) is 4.29. The zero-order chi connectivity index (χ0) is 14.9. The minimum Gasteiger partial charge on any atom is -0.396 e. The molecule has 8 heteroatoms. The van der Waals surface area contributed by atoms with Crippen LogP contribution in [0.2, 0.25) is 0 Å². The molecule has 0 aliphatic rings. The minimum absolute atomic E-state index is 0.0790. The SMILES string of the molecule is Cc1ncc(CN(C)S(=O)(=O)c2ccc(N)c(F)c2)s1. The Morgan fingerprint density at radius 3 is 2.70 bits per heavy atom. The fourth-order valence-corrected chi connectivity index (χ4v) is 3.72. The highest BCUT2D eigenvalue weighted by Crippen LogP contribution is 2.22. The van der Waals surface area contributed by atoms with E-state index in [0.29, 0.717) is 0 Å². The Labute approximate surface area is 120 Å². The lowest BCUT2D eigenvalue weighted by Crippen LogP contribution is -2.26. The van der Waals surface area contributed by atoms with E-state index >= 15 is 0 Å². The minimum atomic E-state index is -3.75. The van der Waals surface area contributed by atoms with Crippen molar-refractivity contribution in [3.8, 4) is 0 Å². The van der Waals surface area contributed by atoms with Crippen LogP contribution < -0.4 is 5.73 Å². The van der Waals surface area contributed by atoms with Gasteiger partial charge in [-0.1, -0.05) is 0 Å². The highest BCUT2D eigenvalue weighted by atomic mass is 32.2. The van der Waals surface area contributed by atoms with Crippen molar-refractivity contribution in [1.29, 1.82) is 0 Å². The third-order valence-electron chi connectivity index (χ3n) is 2.73. The number of anilines is 1. The summed E-state index contributed by atoms with van der Waals surface area (Å²) in [5.41, 5.74) is 5.27. The molecule has 2 N–H and O–H groups in total. The second-order valence-corrected chi connectivity index (χ2v) is 7.65. The van der Waals surface area contributed by atoms with Crippen LogP contribution in [0.3, 0.4) is 0 Å². The number of aryl methyl sites for hydroxylation is 1. The first-order valence-corrected chi connectivity index (χ1v) is 7.99. The van der Waals surface area contributed by atoms with Crippen molar-refractivity contribution in [2.75, 3.05) is 12.8 Å². The standard InChI is InChI=1S/C12H14FN3O2S2/c1-8-15-6-9(19-8)7-16(2)20(17,18)10-3-4-12(14)11(13)5-10/h3-6H,7,14H2,1-2H3. The average molecular weight is 315 g/mol. The van der Waals surface area contributed by atoms with Gasteiger partial charge in [-0.05, 0) is 25.1 Å². The first-order valence-electron chi connectivity index (χ1n) is 5.73. The van der Waals surface area contributed by atoms with E-state index in [1.165, 1.54) is 30.5 Å². The van der Waals surface area contributed by atoms with Crippen molar-refractivity contribution in [3.05, 3.63) is 40.1 Å². The van der Waals surface area contributed by atoms with Gasteiger partial charge >= 0.3 is 0 Å². The molecule has 0 spiro atoms. The Morgan fingerprint density at radius 1 is 1.45 bits per heavy atom. The summed E-state index contributed by atoms with van der Waals surface area (Å²) in [6.45, 7) is 2.04. The molecule has 0 atom stereocenters. The lowest BCUT2D eigenvalue weighted by atomic mass is 10.3. The van der Waals surface area contributed by atoms with Gasteiger partial charge in [0.1, 0.15) is 5.82 Å². The number of halogens is 1. The summed E-state index contributed by atoms with van der Waals surface area (Å²) in [6, 6.07) is 3.47. The molecule has 1 heterocycles. The van der Waals surface area contributed by atoms with Crippen molar-refractivity contribution in [3.63, 3.8) is 0 Å². The molecule has 0 aliphatic heterocycles. The summed E-state index contributed by atoms with van der Waals surface area (Å²) in [6.07, 6.45) is 1.63. The van der Waals surface area contributed by atoms with Gasteiger partial charge in [-0.15, -0.1) is 11.3 Å². The highest BCUT2D eigenvalue weighted by Gasteiger charge is 2.22. The van der Waals surface area contributed by atoms with E-state index in [-0.39, 0.29) is 17.1 Å². The van der Waals surface area contributed by atoms with Crippen LogP contribution in [0.25, 0.3) is 0 Å². The number of thiazole rings is 1. The molecule has 0 amide bonds. The summed E-state index contributed by atoms with van der Waals surface area (Å²) in [5, 5.41) is 0.865. The molecule has 20 heavy (non-hydrogen) atoms. The number of nitrogens with two attached hydrogens (primary N) is 1. The summed E-state index contributed by atoms with van der Waals surface area (Å²) >= 11 is 1.42. The maximum absolute atomic E-state index is 13.4. The number of benzene rings is 1. The molecule has 5 nitrogen and oxygen atoms in total. The molecule has 0 fully saturated rings. The molecule has 0 radical (unpaired) electrons. The molecule has 0 bridgehead atoms. The number of hydrogen-bond acceptors (Lipinski definition) is 5. The van der Waals surface area contributed by atoms with Crippen LogP contribution in [0.15, 0.2) is 29.3 Å². The summed E-state index contributed by atoms with van der Waals surface area (Å²) in [7, 11) is -2.31. The van der Waals surface area contributed by atoms with Gasteiger partial charge in [0.15, 0.2) is 0 Å². The van der Waals surface area contributed by atoms with E-state index in [1.807, 2.05) is 6.92 Å². The first-order chi connectivity index (χ1) is 9.30. The van der Waals surface area contributed by atoms with Crippen LogP contribution in [0.5, 0.6) is 0 Å². The zero-order valence-corrected chi connectivity index (χ0v) is 12.6. The van der Waals surface area contributed by atoms with Crippen molar-refractivity contribution in [1.82, 2.24) is 9.29 Å². The van der Waals surface area contributed by atoms with E-state index in [1.54, 1.807) is 6.20 Å². The largest absolute Gasteiger partial charge is 0.396 e. The Hall–Kier alpha value is -1.51. The topological polar surface area (TPSA) is 76.3 Å². The smallest absolute Gasteiger partial charge is 0.243 e. The molecule has 1 aromatic heterocycles. The van der Waals surface area contributed by atoms with Crippen molar-refractivity contribution >= 4 is 27.0 Å². The average Bonchev–Trinajstić information content (AvgIpc) is 2.78. The molecule has 0 saturated carbocycles. The fourth-order valence-electron chi connectivity index (χ4n) is 1.63. The molecule has 2 aromatic rings. The van der Waals surface area contributed by atoms with E-state index in [4.69, 9.17) is 5.73 Å². The molecule has 0 aliphatic carbocycles. The Balaban J connectivity index is 2.27. The molecular weight excluding hydrogens is 301 g/mol. The molecule has 2 rings (SSSR count). The quantitative estimate of drug-likeness (QED) is 0.876. The Kier molecular flexibility index (Phi) is 4.07. The Bertz CT molecular complexity index is 728. The van der Waals surface area contributed by atoms with Crippen molar-refractivity contribution in [2.24, 2.45) is 0 Å². The second kappa shape index (κ2) is 5.47. The zero-order valence-electron chi connectivity index (χ0n) is 11.0. The lowest BCUT2D eigenvalue weighted by molar-refractivity contribution is 0.468. The monoisotopic (exact) mass is 315 g/mol. The van der Waals surface area contributed by atoms with E-state index < -0.39 is 15.8 Å². The summed E-state index contributed by atoms with van der Waals surface area (Å²) in [4.78, 5) is 4.78. The molecule has 0 unspecified atom stereocenters. The summed E-state index contributed by atoms with van der Waals surface area (Å²) in [5.74, 6) is -0.742. The summed E-state index contributed by atoms with van der Waals surface area (Å²) < 4.78 is 39.2.